The topological polar surface area (TPSA) is 27.1 Å². The molecule has 2 rings (SSSR count). The monoisotopic (exact) mass is 197 g/mol. The predicted molar refractivity (Wildman–Crippen MR) is 46.0 cm³/mol. The van der Waals surface area contributed by atoms with Crippen molar-refractivity contribution < 1.29 is 13.6 Å². The smallest absolute Gasteiger partial charge is 0.274 e. The number of benzene rings is 1. The zero-order valence-corrected chi connectivity index (χ0v) is 7.15. The molecule has 73 valence electrons. The van der Waals surface area contributed by atoms with Crippen LogP contribution in [0.15, 0.2) is 24.3 Å². The number of rotatable bonds is 3. The van der Waals surface area contributed by atoms with Crippen molar-refractivity contribution >= 4 is 11.0 Å². The molecular formula is C9H7F2N2O. The van der Waals surface area contributed by atoms with Gasteiger partial charge in [-0.25, -0.2) is 13.8 Å². The highest BCUT2D eigenvalue weighted by Gasteiger charge is 2.06. The molecule has 0 amide bonds. The minimum atomic E-state index is -2.50. The molecule has 0 N–H and O–H groups in total. The summed E-state index contributed by atoms with van der Waals surface area (Å²) >= 11 is 0. The van der Waals surface area contributed by atoms with Gasteiger partial charge in [0.25, 0.3) is 6.43 Å². The average molecular weight is 197 g/mol. The summed E-state index contributed by atoms with van der Waals surface area (Å²) in [4.78, 5) is 8.63. The van der Waals surface area contributed by atoms with Gasteiger partial charge in [-0.3, -0.25) is 0 Å². The summed E-state index contributed by atoms with van der Waals surface area (Å²) in [5, 5.41) is 0. The second-order valence-corrected chi connectivity index (χ2v) is 2.68. The second kappa shape index (κ2) is 3.61. The van der Waals surface area contributed by atoms with Gasteiger partial charge in [-0.15, -0.1) is 0 Å². The van der Waals surface area contributed by atoms with Crippen molar-refractivity contribution in [2.45, 2.75) is 6.43 Å². The zero-order valence-electron chi connectivity index (χ0n) is 7.15. The quantitative estimate of drug-likeness (QED) is 0.746. The van der Waals surface area contributed by atoms with Crippen LogP contribution < -0.4 is 4.84 Å². The van der Waals surface area contributed by atoms with E-state index in [1.54, 1.807) is 24.3 Å². The Balaban J connectivity index is 2.25. The molecule has 0 spiro atoms. The largest absolute Gasteiger partial charge is 0.406 e. The van der Waals surface area contributed by atoms with Gasteiger partial charge in [0.2, 0.25) is 6.33 Å². The fourth-order valence-electron chi connectivity index (χ4n) is 1.11. The molecule has 1 aromatic heterocycles. The van der Waals surface area contributed by atoms with E-state index in [4.69, 9.17) is 4.84 Å². The van der Waals surface area contributed by atoms with Gasteiger partial charge in [-0.2, -0.15) is 4.73 Å². The Bertz CT molecular complexity index is 427. The summed E-state index contributed by atoms with van der Waals surface area (Å²) in [6.07, 6.45) is -0.0156. The first-order valence-corrected chi connectivity index (χ1v) is 4.04. The van der Waals surface area contributed by atoms with Gasteiger partial charge < -0.3 is 4.84 Å². The van der Waals surface area contributed by atoms with Gasteiger partial charge in [0.05, 0.1) is 5.52 Å². The third-order valence-corrected chi connectivity index (χ3v) is 1.69. The number of aromatic nitrogens is 2. The Labute approximate surface area is 78.9 Å². The summed E-state index contributed by atoms with van der Waals surface area (Å²) in [6.45, 7) is -0.656. The molecule has 0 aliphatic carbocycles. The van der Waals surface area contributed by atoms with Crippen molar-refractivity contribution in [3.05, 3.63) is 30.6 Å². The normalized spacial score (nSPS) is 11.1. The lowest BCUT2D eigenvalue weighted by molar-refractivity contribution is 0.0121. The molecule has 1 radical (unpaired) electrons. The lowest BCUT2D eigenvalue weighted by Crippen LogP contribution is -2.17. The predicted octanol–water partition coefficient (Wildman–Crippen LogP) is 1.53. The molecule has 0 saturated carbocycles. The molecule has 0 saturated heterocycles. The van der Waals surface area contributed by atoms with Crippen LogP contribution in [0.1, 0.15) is 0 Å². The third-order valence-electron chi connectivity index (χ3n) is 1.69. The van der Waals surface area contributed by atoms with E-state index in [1.807, 2.05) is 0 Å². The van der Waals surface area contributed by atoms with E-state index in [1.165, 1.54) is 0 Å². The number of alkyl halides is 2. The van der Waals surface area contributed by atoms with Crippen molar-refractivity contribution in [1.82, 2.24) is 9.71 Å². The maximum Gasteiger partial charge on any atom is 0.274 e. The summed E-state index contributed by atoms with van der Waals surface area (Å²) in [6, 6.07) is 7.07. The van der Waals surface area contributed by atoms with Crippen molar-refractivity contribution in [3.63, 3.8) is 0 Å². The molecule has 1 heterocycles. The molecule has 14 heavy (non-hydrogen) atoms. The van der Waals surface area contributed by atoms with Gasteiger partial charge >= 0.3 is 0 Å². The summed E-state index contributed by atoms with van der Waals surface area (Å²) in [5.74, 6) is 0. The number of nitrogens with zero attached hydrogens (tertiary/aromatic N) is 2. The standard InChI is InChI=1S/C9H7F2N2O/c10-9(11)5-14-13-6-12-7-3-1-2-4-8(7)13/h1-4,9H,5H2. The van der Waals surface area contributed by atoms with Crippen LogP contribution in [-0.4, -0.2) is 22.7 Å². The fourth-order valence-corrected chi connectivity index (χ4v) is 1.11. The highest BCUT2D eigenvalue weighted by atomic mass is 19.3. The molecular weight excluding hydrogens is 190 g/mol. The lowest BCUT2D eigenvalue weighted by Gasteiger charge is -2.04. The lowest BCUT2D eigenvalue weighted by atomic mass is 10.3. The Kier molecular flexibility index (Phi) is 2.30. The zero-order chi connectivity index (χ0) is 9.97. The van der Waals surface area contributed by atoms with E-state index in [2.05, 4.69) is 11.3 Å². The number of fused-ring (bicyclic) bond motifs is 1. The van der Waals surface area contributed by atoms with E-state index in [0.29, 0.717) is 11.0 Å². The minimum Gasteiger partial charge on any atom is -0.406 e. The Morgan fingerprint density at radius 3 is 3.00 bits per heavy atom. The van der Waals surface area contributed by atoms with E-state index in [9.17, 15) is 8.78 Å². The van der Waals surface area contributed by atoms with Gasteiger partial charge in [0, 0.05) is 0 Å². The average Bonchev–Trinajstić information content (AvgIpc) is 2.58. The Morgan fingerprint density at radius 2 is 2.21 bits per heavy atom. The molecule has 0 fully saturated rings. The number of hydrogen-bond acceptors (Lipinski definition) is 2. The number of para-hydroxylation sites is 2. The maximum absolute atomic E-state index is 11.9. The van der Waals surface area contributed by atoms with Crippen LogP contribution in [0.25, 0.3) is 11.0 Å². The van der Waals surface area contributed by atoms with E-state index >= 15 is 0 Å². The van der Waals surface area contributed by atoms with E-state index in [0.717, 1.165) is 4.73 Å². The first-order valence-electron chi connectivity index (χ1n) is 4.04. The van der Waals surface area contributed by atoms with E-state index < -0.39 is 13.0 Å². The van der Waals surface area contributed by atoms with Gasteiger partial charge in [-0.05, 0) is 12.1 Å². The molecule has 0 aliphatic heterocycles. The molecule has 2 aromatic rings. The van der Waals surface area contributed by atoms with Crippen molar-refractivity contribution in [3.8, 4) is 0 Å². The number of halogens is 2. The van der Waals surface area contributed by atoms with Gasteiger partial charge in [-0.1, -0.05) is 12.1 Å². The van der Waals surface area contributed by atoms with Crippen LogP contribution >= 0.6 is 0 Å². The van der Waals surface area contributed by atoms with Crippen LogP contribution in [0.3, 0.4) is 0 Å². The molecule has 1 aromatic carbocycles. The highest BCUT2D eigenvalue weighted by molar-refractivity contribution is 5.74. The molecule has 3 nitrogen and oxygen atoms in total. The van der Waals surface area contributed by atoms with Gasteiger partial charge in [0.15, 0.2) is 6.61 Å². The minimum absolute atomic E-state index is 0.633. The Hall–Kier alpha value is -1.65. The number of hydrogen-bond donors (Lipinski definition) is 0. The third kappa shape index (κ3) is 1.66. The molecule has 5 heteroatoms. The van der Waals surface area contributed by atoms with Crippen LogP contribution in [-0.2, 0) is 0 Å². The first kappa shape index (κ1) is 8.93. The number of imidazole rings is 1. The van der Waals surface area contributed by atoms with Gasteiger partial charge in [0.1, 0.15) is 5.52 Å². The fraction of sp³-hybridized carbons (Fsp3) is 0.222. The van der Waals surface area contributed by atoms with Crippen molar-refractivity contribution in [2.24, 2.45) is 0 Å². The Morgan fingerprint density at radius 1 is 1.43 bits per heavy atom. The first-order chi connectivity index (χ1) is 6.77. The summed E-state index contributed by atoms with van der Waals surface area (Å²) < 4.78 is 24.8. The maximum atomic E-state index is 11.9. The molecule has 0 atom stereocenters. The van der Waals surface area contributed by atoms with Crippen molar-refractivity contribution in [2.75, 3.05) is 6.61 Å². The molecule has 0 unspecified atom stereocenters. The van der Waals surface area contributed by atoms with E-state index in [-0.39, 0.29) is 0 Å². The highest BCUT2D eigenvalue weighted by Crippen LogP contribution is 2.09. The SMILES string of the molecule is FC(F)COn1[c]nc2ccccc21. The van der Waals surface area contributed by atoms with Crippen LogP contribution in [0.5, 0.6) is 0 Å². The van der Waals surface area contributed by atoms with Crippen LogP contribution in [0, 0.1) is 6.33 Å². The van der Waals surface area contributed by atoms with Crippen LogP contribution in [0.4, 0.5) is 8.78 Å². The van der Waals surface area contributed by atoms with Crippen molar-refractivity contribution in [1.29, 1.82) is 0 Å². The summed E-state index contributed by atoms with van der Waals surface area (Å²) in [7, 11) is 0. The molecule has 0 bridgehead atoms. The second-order valence-electron chi connectivity index (χ2n) is 2.68. The molecule has 0 aliphatic rings. The summed E-state index contributed by atoms with van der Waals surface area (Å²) in [5.41, 5.74) is 1.30. The van der Waals surface area contributed by atoms with Crippen LogP contribution in [0.2, 0.25) is 0 Å².